The number of halogens is 3. The minimum atomic E-state index is -4.44. The Kier molecular flexibility index (Phi) is 5.61. The predicted octanol–water partition coefficient (Wildman–Crippen LogP) is 5.14. The summed E-state index contributed by atoms with van der Waals surface area (Å²) < 4.78 is 42.4. The second kappa shape index (κ2) is 8.37. The molecule has 0 saturated carbocycles. The van der Waals surface area contributed by atoms with Gasteiger partial charge in [-0.2, -0.15) is 18.3 Å². The molecule has 0 aliphatic carbocycles. The quantitative estimate of drug-likeness (QED) is 0.469. The topological polar surface area (TPSA) is 51.9 Å². The second-order valence-corrected chi connectivity index (χ2v) is 7.55. The summed E-state index contributed by atoms with van der Waals surface area (Å²) in [6, 6.07) is 17.9. The largest absolute Gasteiger partial charge is 0.416 e. The lowest BCUT2D eigenvalue weighted by Crippen LogP contribution is -2.25. The third-order valence-corrected chi connectivity index (χ3v) is 5.10. The molecule has 0 aliphatic rings. The van der Waals surface area contributed by atoms with Gasteiger partial charge in [0.1, 0.15) is 11.4 Å². The molecular formula is C24H21F3N4O. The van der Waals surface area contributed by atoms with Crippen molar-refractivity contribution in [1.82, 2.24) is 19.7 Å². The number of rotatable bonds is 5. The smallest absolute Gasteiger partial charge is 0.349 e. The van der Waals surface area contributed by atoms with Crippen molar-refractivity contribution >= 4 is 5.91 Å². The van der Waals surface area contributed by atoms with Crippen molar-refractivity contribution < 1.29 is 18.0 Å². The number of amides is 1. The van der Waals surface area contributed by atoms with E-state index in [1.165, 1.54) is 6.07 Å². The highest BCUT2D eigenvalue weighted by molar-refractivity contribution is 5.94. The Morgan fingerprint density at radius 1 is 1.03 bits per heavy atom. The number of carbonyl (C=O) groups excluding carboxylic acids is 1. The maximum atomic E-state index is 13.0. The van der Waals surface area contributed by atoms with Crippen molar-refractivity contribution in [3.63, 3.8) is 0 Å². The standard InChI is InChI=1S/C24H21F3N4O/c1-16-6-3-9-19(12-16)31-22(14-20(29-31)21-10-5-11-30(21)2)23(32)28-15-17-7-4-8-18(13-17)24(25,26)27/h3-14H,15H2,1-2H3,(H,28,32). The van der Waals surface area contributed by atoms with Crippen molar-refractivity contribution in [1.29, 1.82) is 0 Å². The highest BCUT2D eigenvalue weighted by Gasteiger charge is 2.30. The van der Waals surface area contributed by atoms with Gasteiger partial charge < -0.3 is 9.88 Å². The first-order valence-corrected chi connectivity index (χ1v) is 9.95. The molecule has 0 bridgehead atoms. The summed E-state index contributed by atoms with van der Waals surface area (Å²) in [4.78, 5) is 13.0. The fraction of sp³-hybridized carbons (Fsp3) is 0.167. The number of aryl methyl sites for hydroxylation is 2. The van der Waals surface area contributed by atoms with Crippen LogP contribution in [0.3, 0.4) is 0 Å². The van der Waals surface area contributed by atoms with E-state index in [9.17, 15) is 18.0 Å². The van der Waals surface area contributed by atoms with Gasteiger partial charge in [-0.05, 0) is 60.5 Å². The van der Waals surface area contributed by atoms with Crippen LogP contribution in [0.2, 0.25) is 0 Å². The average Bonchev–Trinajstić information content (AvgIpc) is 3.38. The third kappa shape index (κ3) is 4.44. The van der Waals surface area contributed by atoms with E-state index in [2.05, 4.69) is 10.4 Å². The van der Waals surface area contributed by atoms with E-state index in [0.29, 0.717) is 17.0 Å². The van der Waals surface area contributed by atoms with Gasteiger partial charge in [0, 0.05) is 19.8 Å². The van der Waals surface area contributed by atoms with E-state index in [4.69, 9.17) is 0 Å². The molecule has 2 aromatic heterocycles. The van der Waals surface area contributed by atoms with E-state index in [0.717, 1.165) is 29.1 Å². The molecule has 0 atom stereocenters. The van der Waals surface area contributed by atoms with Gasteiger partial charge in [-0.25, -0.2) is 4.68 Å². The van der Waals surface area contributed by atoms with Crippen molar-refractivity contribution in [2.24, 2.45) is 7.05 Å². The van der Waals surface area contributed by atoms with E-state index < -0.39 is 17.6 Å². The SMILES string of the molecule is Cc1cccc(-n2nc(-c3cccn3C)cc2C(=O)NCc2cccc(C(F)(F)F)c2)c1. The molecule has 0 unspecified atom stereocenters. The molecule has 0 spiro atoms. The Morgan fingerprint density at radius 3 is 2.50 bits per heavy atom. The fourth-order valence-electron chi connectivity index (χ4n) is 3.48. The van der Waals surface area contributed by atoms with Gasteiger partial charge in [0.25, 0.3) is 5.91 Å². The first-order chi connectivity index (χ1) is 15.2. The molecule has 1 N–H and O–H groups in total. The third-order valence-electron chi connectivity index (χ3n) is 5.10. The molecule has 32 heavy (non-hydrogen) atoms. The van der Waals surface area contributed by atoms with Crippen LogP contribution in [-0.2, 0) is 19.8 Å². The molecule has 4 aromatic rings. The summed E-state index contributed by atoms with van der Waals surface area (Å²) >= 11 is 0. The zero-order chi connectivity index (χ0) is 22.9. The Balaban J connectivity index is 1.65. The Morgan fingerprint density at radius 2 is 1.81 bits per heavy atom. The zero-order valence-electron chi connectivity index (χ0n) is 17.5. The number of nitrogens with zero attached hydrogens (tertiary/aromatic N) is 3. The predicted molar refractivity (Wildman–Crippen MR) is 115 cm³/mol. The van der Waals surface area contributed by atoms with Crippen LogP contribution in [0.25, 0.3) is 17.1 Å². The van der Waals surface area contributed by atoms with Crippen LogP contribution in [0.1, 0.15) is 27.2 Å². The fourth-order valence-corrected chi connectivity index (χ4v) is 3.48. The molecule has 8 heteroatoms. The monoisotopic (exact) mass is 438 g/mol. The van der Waals surface area contributed by atoms with E-state index in [-0.39, 0.29) is 6.54 Å². The average molecular weight is 438 g/mol. The molecule has 1 amide bonds. The molecule has 164 valence electrons. The first kappa shape index (κ1) is 21.4. The molecule has 4 rings (SSSR count). The van der Waals surface area contributed by atoms with Crippen molar-refractivity contribution in [2.75, 3.05) is 0 Å². The van der Waals surface area contributed by atoms with Gasteiger partial charge in [0.15, 0.2) is 0 Å². The number of nitrogens with one attached hydrogen (secondary N) is 1. The van der Waals surface area contributed by atoms with E-state index >= 15 is 0 Å². The molecule has 0 saturated heterocycles. The summed E-state index contributed by atoms with van der Waals surface area (Å²) in [7, 11) is 1.88. The van der Waals surface area contributed by atoms with Crippen molar-refractivity contribution in [3.8, 4) is 17.1 Å². The lowest BCUT2D eigenvalue weighted by Gasteiger charge is -2.11. The minimum absolute atomic E-state index is 0.0404. The van der Waals surface area contributed by atoms with Crippen LogP contribution in [0.15, 0.2) is 72.9 Å². The van der Waals surface area contributed by atoms with Crippen LogP contribution < -0.4 is 5.32 Å². The number of benzene rings is 2. The summed E-state index contributed by atoms with van der Waals surface area (Å²) in [5.74, 6) is -0.433. The highest BCUT2D eigenvalue weighted by Crippen LogP contribution is 2.29. The molecule has 2 heterocycles. The molecule has 0 radical (unpaired) electrons. The minimum Gasteiger partial charge on any atom is -0.349 e. The molecule has 2 aromatic carbocycles. The normalized spacial score (nSPS) is 11.5. The highest BCUT2D eigenvalue weighted by atomic mass is 19.4. The Labute approximate surface area is 183 Å². The van der Waals surface area contributed by atoms with Crippen LogP contribution >= 0.6 is 0 Å². The first-order valence-electron chi connectivity index (χ1n) is 9.95. The lowest BCUT2D eigenvalue weighted by atomic mass is 10.1. The lowest BCUT2D eigenvalue weighted by molar-refractivity contribution is -0.137. The van der Waals surface area contributed by atoms with Crippen molar-refractivity contribution in [3.05, 3.63) is 95.3 Å². The van der Waals surface area contributed by atoms with Crippen LogP contribution in [0.5, 0.6) is 0 Å². The number of hydrogen-bond acceptors (Lipinski definition) is 2. The molecular weight excluding hydrogens is 417 g/mol. The van der Waals surface area contributed by atoms with Gasteiger partial charge >= 0.3 is 6.18 Å². The van der Waals surface area contributed by atoms with E-state index in [1.807, 2.05) is 61.1 Å². The second-order valence-electron chi connectivity index (χ2n) is 7.55. The molecule has 0 fully saturated rings. The van der Waals surface area contributed by atoms with Crippen molar-refractivity contribution in [2.45, 2.75) is 19.6 Å². The summed E-state index contributed by atoms with van der Waals surface area (Å²) in [5, 5.41) is 7.35. The van der Waals surface area contributed by atoms with Crippen LogP contribution in [0, 0.1) is 6.92 Å². The Bertz CT molecular complexity index is 1270. The summed E-state index contributed by atoms with van der Waals surface area (Å²) in [6.45, 7) is 1.90. The van der Waals surface area contributed by atoms with Gasteiger partial charge in [-0.3, -0.25) is 4.79 Å². The van der Waals surface area contributed by atoms with E-state index in [1.54, 1.807) is 16.8 Å². The van der Waals surface area contributed by atoms with Crippen LogP contribution in [0.4, 0.5) is 13.2 Å². The summed E-state index contributed by atoms with van der Waals surface area (Å²) in [5.41, 5.74) is 3.08. The molecule has 5 nitrogen and oxygen atoms in total. The number of carbonyl (C=O) groups is 1. The van der Waals surface area contributed by atoms with Gasteiger partial charge in [-0.1, -0.05) is 24.3 Å². The van der Waals surface area contributed by atoms with Crippen LogP contribution in [-0.4, -0.2) is 20.3 Å². The van der Waals surface area contributed by atoms with Gasteiger partial charge in [-0.15, -0.1) is 0 Å². The molecule has 0 aliphatic heterocycles. The zero-order valence-corrected chi connectivity index (χ0v) is 17.5. The number of hydrogen-bond donors (Lipinski definition) is 1. The maximum Gasteiger partial charge on any atom is 0.416 e. The van der Waals surface area contributed by atoms with Gasteiger partial charge in [0.05, 0.1) is 16.9 Å². The maximum absolute atomic E-state index is 13.0. The summed E-state index contributed by atoms with van der Waals surface area (Å²) in [6.07, 6.45) is -2.55. The van der Waals surface area contributed by atoms with Gasteiger partial charge in [0.2, 0.25) is 0 Å². The Hall–Kier alpha value is -3.81. The number of aromatic nitrogens is 3. The number of alkyl halides is 3.